The molecule has 0 spiro atoms. The van der Waals surface area contributed by atoms with Gasteiger partial charge in [-0.25, -0.2) is 0 Å². The van der Waals surface area contributed by atoms with Crippen molar-refractivity contribution in [2.45, 2.75) is 58.7 Å². The smallest absolute Gasteiger partial charge is 0.0720 e. The highest BCUT2D eigenvalue weighted by atomic mass is 16.5. The van der Waals surface area contributed by atoms with E-state index in [9.17, 15) is 0 Å². The summed E-state index contributed by atoms with van der Waals surface area (Å²) in [4.78, 5) is 0. The van der Waals surface area contributed by atoms with Crippen LogP contribution in [-0.4, -0.2) is 19.7 Å². The first-order chi connectivity index (χ1) is 10.1. The number of likely N-dealkylation sites (N-methyl/N-ethyl adjacent to an activating group) is 1. The van der Waals surface area contributed by atoms with Crippen LogP contribution in [0.5, 0.6) is 0 Å². The second-order valence-corrected chi connectivity index (χ2v) is 6.90. The molecule has 1 N–H and O–H groups in total. The average molecular weight is 289 g/mol. The molecule has 0 aromatic heterocycles. The molecule has 21 heavy (non-hydrogen) atoms. The Kier molecular flexibility index (Phi) is 6.25. The van der Waals surface area contributed by atoms with Crippen molar-refractivity contribution in [3.63, 3.8) is 0 Å². The van der Waals surface area contributed by atoms with Gasteiger partial charge in [0.25, 0.3) is 0 Å². The van der Waals surface area contributed by atoms with Gasteiger partial charge >= 0.3 is 0 Å². The molecule has 1 aliphatic carbocycles. The van der Waals surface area contributed by atoms with E-state index in [0.717, 1.165) is 25.0 Å². The van der Waals surface area contributed by atoms with Crippen LogP contribution >= 0.6 is 0 Å². The normalized spacial score (nSPS) is 27.5. The molecular weight excluding hydrogens is 258 g/mol. The molecule has 118 valence electrons. The summed E-state index contributed by atoms with van der Waals surface area (Å²) in [6.07, 6.45) is 4.21. The first-order valence-corrected chi connectivity index (χ1v) is 8.45. The van der Waals surface area contributed by atoms with Gasteiger partial charge in [0.1, 0.15) is 0 Å². The Morgan fingerprint density at radius 3 is 2.48 bits per heavy atom. The topological polar surface area (TPSA) is 21.3 Å². The fourth-order valence-electron chi connectivity index (χ4n) is 3.23. The number of hydrogen-bond donors (Lipinski definition) is 1. The van der Waals surface area contributed by atoms with Crippen LogP contribution < -0.4 is 5.32 Å². The highest BCUT2D eigenvalue weighted by molar-refractivity contribution is 5.24. The van der Waals surface area contributed by atoms with Crippen molar-refractivity contribution in [1.29, 1.82) is 0 Å². The average Bonchev–Trinajstić information content (AvgIpc) is 2.49. The van der Waals surface area contributed by atoms with Crippen LogP contribution in [0.3, 0.4) is 0 Å². The minimum Gasteiger partial charge on any atom is -0.374 e. The van der Waals surface area contributed by atoms with Crippen LogP contribution in [0, 0.1) is 11.8 Å². The van der Waals surface area contributed by atoms with Gasteiger partial charge in [-0.2, -0.15) is 0 Å². The molecule has 2 heteroatoms. The summed E-state index contributed by atoms with van der Waals surface area (Å²) in [7, 11) is 2.00. The van der Waals surface area contributed by atoms with Crippen LogP contribution in [0.2, 0.25) is 0 Å². The Morgan fingerprint density at radius 1 is 1.14 bits per heavy atom. The maximum atomic E-state index is 6.12. The SMILES string of the molecule is CNCC(C)c1ccc(COC2CCC(C)C(C)C2)cc1. The predicted octanol–water partition coefficient (Wildman–Crippen LogP) is 4.35. The minimum atomic E-state index is 0.457. The fraction of sp³-hybridized carbons (Fsp3) is 0.684. The summed E-state index contributed by atoms with van der Waals surface area (Å²) in [5.41, 5.74) is 2.69. The molecular formula is C19H31NO. The van der Waals surface area contributed by atoms with Gasteiger partial charge < -0.3 is 10.1 Å². The molecule has 2 rings (SSSR count). The van der Waals surface area contributed by atoms with E-state index in [1.54, 1.807) is 0 Å². The molecule has 4 unspecified atom stereocenters. The molecule has 0 heterocycles. The second kappa shape index (κ2) is 7.95. The van der Waals surface area contributed by atoms with Gasteiger partial charge in [-0.15, -0.1) is 0 Å². The Balaban J connectivity index is 1.81. The Bertz CT molecular complexity index is 414. The van der Waals surface area contributed by atoms with E-state index in [0.29, 0.717) is 12.0 Å². The lowest BCUT2D eigenvalue weighted by Gasteiger charge is -2.32. The maximum Gasteiger partial charge on any atom is 0.0720 e. The standard InChI is InChI=1S/C19H31NO/c1-14-5-10-19(11-15(14)2)21-13-17-6-8-18(9-7-17)16(3)12-20-4/h6-9,14-16,19-20H,5,10-13H2,1-4H3. The minimum absolute atomic E-state index is 0.457. The van der Waals surface area contributed by atoms with Crippen molar-refractivity contribution >= 4 is 0 Å². The number of rotatable bonds is 6. The number of nitrogens with one attached hydrogen (secondary N) is 1. The van der Waals surface area contributed by atoms with Gasteiger partial charge in [-0.3, -0.25) is 0 Å². The number of hydrogen-bond acceptors (Lipinski definition) is 2. The van der Waals surface area contributed by atoms with Crippen molar-refractivity contribution in [3.8, 4) is 0 Å². The van der Waals surface area contributed by atoms with Crippen molar-refractivity contribution in [3.05, 3.63) is 35.4 Å². The van der Waals surface area contributed by atoms with Crippen LogP contribution in [0.15, 0.2) is 24.3 Å². The van der Waals surface area contributed by atoms with E-state index in [2.05, 4.69) is 50.4 Å². The van der Waals surface area contributed by atoms with Gasteiger partial charge in [0.2, 0.25) is 0 Å². The Morgan fingerprint density at radius 2 is 1.86 bits per heavy atom. The monoisotopic (exact) mass is 289 g/mol. The predicted molar refractivity (Wildman–Crippen MR) is 89.5 cm³/mol. The Hall–Kier alpha value is -0.860. The molecule has 0 amide bonds. The van der Waals surface area contributed by atoms with Crippen LogP contribution in [0.4, 0.5) is 0 Å². The third kappa shape index (κ3) is 4.82. The van der Waals surface area contributed by atoms with Gasteiger partial charge in [0.15, 0.2) is 0 Å². The first kappa shape index (κ1) is 16.5. The summed E-state index contributed by atoms with van der Waals surface area (Å²) >= 11 is 0. The molecule has 1 fully saturated rings. The Labute approximate surface area is 130 Å². The molecule has 0 aliphatic heterocycles. The van der Waals surface area contributed by atoms with Gasteiger partial charge in [0, 0.05) is 6.54 Å². The molecule has 1 aromatic carbocycles. The van der Waals surface area contributed by atoms with Crippen LogP contribution in [0.1, 0.15) is 57.1 Å². The third-order valence-corrected chi connectivity index (χ3v) is 5.09. The molecule has 2 nitrogen and oxygen atoms in total. The summed E-state index contributed by atoms with van der Waals surface area (Å²) < 4.78 is 6.12. The van der Waals surface area contributed by atoms with Crippen LogP contribution in [0.25, 0.3) is 0 Å². The lowest BCUT2D eigenvalue weighted by atomic mass is 9.80. The van der Waals surface area contributed by atoms with E-state index in [1.165, 1.54) is 30.4 Å². The summed E-state index contributed by atoms with van der Waals surface area (Å²) in [6, 6.07) is 8.92. The van der Waals surface area contributed by atoms with Gasteiger partial charge in [0.05, 0.1) is 12.7 Å². The van der Waals surface area contributed by atoms with E-state index >= 15 is 0 Å². The highest BCUT2D eigenvalue weighted by Crippen LogP contribution is 2.31. The molecule has 4 atom stereocenters. The number of benzene rings is 1. The molecule has 1 saturated carbocycles. The van der Waals surface area contributed by atoms with E-state index in [4.69, 9.17) is 4.74 Å². The summed E-state index contributed by atoms with van der Waals surface area (Å²) in [5, 5.41) is 3.23. The van der Waals surface area contributed by atoms with Gasteiger partial charge in [-0.05, 0) is 55.2 Å². The van der Waals surface area contributed by atoms with Crippen molar-refractivity contribution < 1.29 is 4.74 Å². The zero-order chi connectivity index (χ0) is 15.2. The van der Waals surface area contributed by atoms with E-state index in [1.807, 2.05) is 7.05 Å². The molecule has 0 radical (unpaired) electrons. The lowest BCUT2D eigenvalue weighted by molar-refractivity contribution is -0.00745. The third-order valence-electron chi connectivity index (χ3n) is 5.09. The second-order valence-electron chi connectivity index (χ2n) is 6.90. The zero-order valence-corrected chi connectivity index (χ0v) is 14.1. The van der Waals surface area contributed by atoms with Crippen molar-refractivity contribution in [2.75, 3.05) is 13.6 Å². The number of ether oxygens (including phenoxy) is 1. The van der Waals surface area contributed by atoms with E-state index in [-0.39, 0.29) is 0 Å². The first-order valence-electron chi connectivity index (χ1n) is 8.45. The fourth-order valence-corrected chi connectivity index (χ4v) is 3.23. The molecule has 1 aromatic rings. The highest BCUT2D eigenvalue weighted by Gasteiger charge is 2.24. The quantitative estimate of drug-likeness (QED) is 0.840. The molecule has 0 bridgehead atoms. The zero-order valence-electron chi connectivity index (χ0n) is 14.1. The largest absolute Gasteiger partial charge is 0.374 e. The van der Waals surface area contributed by atoms with E-state index < -0.39 is 0 Å². The summed E-state index contributed by atoms with van der Waals surface area (Å²) in [6.45, 7) is 8.76. The van der Waals surface area contributed by atoms with Crippen molar-refractivity contribution in [2.24, 2.45) is 11.8 Å². The van der Waals surface area contributed by atoms with Crippen LogP contribution in [-0.2, 0) is 11.3 Å². The summed E-state index contributed by atoms with van der Waals surface area (Å²) in [5.74, 6) is 2.22. The van der Waals surface area contributed by atoms with Crippen molar-refractivity contribution in [1.82, 2.24) is 5.32 Å². The lowest BCUT2D eigenvalue weighted by Crippen LogP contribution is -2.26. The molecule has 0 saturated heterocycles. The maximum absolute atomic E-state index is 6.12. The van der Waals surface area contributed by atoms with Gasteiger partial charge in [-0.1, -0.05) is 45.0 Å². The molecule has 1 aliphatic rings.